The van der Waals surface area contributed by atoms with Crippen molar-refractivity contribution in [1.29, 1.82) is 0 Å². The number of Topliss-reactive ketones (excluding diaryl/α,β-unsaturated/α-hetero) is 2. The summed E-state index contributed by atoms with van der Waals surface area (Å²) >= 11 is 0. The van der Waals surface area contributed by atoms with Gasteiger partial charge in [-0.25, -0.2) is 0 Å². The number of ether oxygens (including phenoxy) is 1. The molecular weight excluding hydrogens is 232 g/mol. The van der Waals surface area contributed by atoms with Crippen LogP contribution in [0.5, 0.6) is 0 Å². The van der Waals surface area contributed by atoms with Gasteiger partial charge in [0, 0.05) is 19.3 Å². The Labute approximate surface area is 107 Å². The molecule has 0 aromatic carbocycles. The monoisotopic (exact) mass is 252 g/mol. The number of carbonyl (C=O) groups excluding carboxylic acids is 3. The van der Waals surface area contributed by atoms with Gasteiger partial charge in [-0.1, -0.05) is 5.57 Å². The smallest absolute Gasteiger partial charge is 0.303 e. The first-order valence-corrected chi connectivity index (χ1v) is 6.16. The van der Waals surface area contributed by atoms with Gasteiger partial charge >= 0.3 is 5.97 Å². The second kappa shape index (κ2) is 5.94. The highest BCUT2D eigenvalue weighted by Crippen LogP contribution is 2.33. The van der Waals surface area contributed by atoms with Crippen LogP contribution in [0.25, 0.3) is 0 Å². The fourth-order valence-corrected chi connectivity index (χ4v) is 2.36. The van der Waals surface area contributed by atoms with Crippen molar-refractivity contribution in [2.24, 2.45) is 5.92 Å². The molecule has 18 heavy (non-hydrogen) atoms. The van der Waals surface area contributed by atoms with Crippen molar-refractivity contribution in [3.63, 3.8) is 0 Å². The van der Waals surface area contributed by atoms with Gasteiger partial charge in [-0.15, -0.1) is 0 Å². The minimum absolute atomic E-state index is 0.0649. The SMILES string of the molecule is CC(=O)CC1=C(C)[C@@H](OC(C)=O)C[C@@H](C(C)=O)C1. The fraction of sp³-hybridized carbons (Fsp3) is 0.643. The number of ketones is 2. The van der Waals surface area contributed by atoms with Crippen molar-refractivity contribution < 1.29 is 19.1 Å². The highest BCUT2D eigenvalue weighted by molar-refractivity contribution is 5.81. The molecule has 0 aliphatic heterocycles. The molecule has 1 aliphatic rings. The lowest BCUT2D eigenvalue weighted by Crippen LogP contribution is -2.30. The molecule has 0 saturated carbocycles. The van der Waals surface area contributed by atoms with Gasteiger partial charge in [0.25, 0.3) is 0 Å². The quantitative estimate of drug-likeness (QED) is 0.568. The lowest BCUT2D eigenvalue weighted by molar-refractivity contribution is -0.146. The van der Waals surface area contributed by atoms with Crippen LogP contribution in [0.1, 0.15) is 47.0 Å². The van der Waals surface area contributed by atoms with E-state index in [2.05, 4.69) is 0 Å². The lowest BCUT2D eigenvalue weighted by atomic mass is 9.79. The summed E-state index contributed by atoms with van der Waals surface area (Å²) in [5, 5.41) is 0. The number of allylic oxidation sites excluding steroid dienone is 1. The Kier molecular flexibility index (Phi) is 4.82. The summed E-state index contributed by atoms with van der Waals surface area (Å²) in [6.45, 7) is 6.30. The number of hydrogen-bond acceptors (Lipinski definition) is 4. The zero-order valence-electron chi connectivity index (χ0n) is 11.4. The number of rotatable bonds is 4. The zero-order chi connectivity index (χ0) is 13.9. The van der Waals surface area contributed by atoms with E-state index in [1.807, 2.05) is 6.92 Å². The molecule has 4 heteroatoms. The van der Waals surface area contributed by atoms with E-state index in [0.717, 1.165) is 11.1 Å². The Morgan fingerprint density at radius 3 is 2.28 bits per heavy atom. The van der Waals surface area contributed by atoms with Crippen LogP contribution in [0.3, 0.4) is 0 Å². The van der Waals surface area contributed by atoms with Gasteiger partial charge in [-0.05, 0) is 39.2 Å². The van der Waals surface area contributed by atoms with E-state index in [1.165, 1.54) is 13.8 Å². The van der Waals surface area contributed by atoms with Crippen molar-refractivity contribution >= 4 is 17.5 Å². The summed E-state index contributed by atoms with van der Waals surface area (Å²) in [6.07, 6.45) is 1.12. The van der Waals surface area contributed by atoms with E-state index in [1.54, 1.807) is 6.92 Å². The minimum atomic E-state index is -0.362. The summed E-state index contributed by atoms with van der Waals surface area (Å²) < 4.78 is 5.24. The number of hydrogen-bond donors (Lipinski definition) is 0. The molecule has 0 spiro atoms. The summed E-state index contributed by atoms with van der Waals surface area (Å²) in [4.78, 5) is 33.8. The highest BCUT2D eigenvalue weighted by atomic mass is 16.5. The van der Waals surface area contributed by atoms with Crippen LogP contribution in [0.4, 0.5) is 0 Å². The minimum Gasteiger partial charge on any atom is -0.458 e. The third-order valence-corrected chi connectivity index (χ3v) is 3.38. The van der Waals surface area contributed by atoms with Gasteiger partial charge in [-0.3, -0.25) is 14.4 Å². The maximum atomic E-state index is 11.5. The van der Waals surface area contributed by atoms with Gasteiger partial charge in [0.05, 0.1) is 0 Å². The number of carbonyl (C=O) groups is 3. The third kappa shape index (κ3) is 3.79. The van der Waals surface area contributed by atoms with E-state index >= 15 is 0 Å². The van der Waals surface area contributed by atoms with Crippen LogP contribution < -0.4 is 0 Å². The first-order chi connectivity index (χ1) is 8.31. The Hall–Kier alpha value is -1.45. The highest BCUT2D eigenvalue weighted by Gasteiger charge is 2.31. The van der Waals surface area contributed by atoms with Gasteiger partial charge in [0.2, 0.25) is 0 Å². The molecule has 0 aromatic heterocycles. The number of esters is 1. The van der Waals surface area contributed by atoms with Crippen LogP contribution in [-0.2, 0) is 19.1 Å². The van der Waals surface area contributed by atoms with Crippen LogP contribution in [0.2, 0.25) is 0 Å². The molecule has 4 nitrogen and oxygen atoms in total. The molecule has 0 fully saturated rings. The maximum absolute atomic E-state index is 11.5. The Morgan fingerprint density at radius 2 is 1.83 bits per heavy atom. The summed E-state index contributed by atoms with van der Waals surface area (Å²) in [5.41, 5.74) is 1.87. The van der Waals surface area contributed by atoms with E-state index < -0.39 is 0 Å². The topological polar surface area (TPSA) is 60.4 Å². The van der Waals surface area contributed by atoms with Crippen molar-refractivity contribution in [3.05, 3.63) is 11.1 Å². The second-order valence-corrected chi connectivity index (χ2v) is 5.01. The maximum Gasteiger partial charge on any atom is 0.303 e. The van der Waals surface area contributed by atoms with Crippen LogP contribution in [0.15, 0.2) is 11.1 Å². The van der Waals surface area contributed by atoms with E-state index in [-0.39, 0.29) is 29.6 Å². The van der Waals surface area contributed by atoms with E-state index in [9.17, 15) is 14.4 Å². The zero-order valence-corrected chi connectivity index (χ0v) is 11.4. The predicted molar refractivity (Wildman–Crippen MR) is 67.0 cm³/mol. The van der Waals surface area contributed by atoms with Crippen LogP contribution >= 0.6 is 0 Å². The largest absolute Gasteiger partial charge is 0.458 e. The van der Waals surface area contributed by atoms with Gasteiger partial charge in [0.15, 0.2) is 0 Å². The third-order valence-electron chi connectivity index (χ3n) is 3.38. The molecule has 1 rings (SSSR count). The average molecular weight is 252 g/mol. The molecule has 0 bridgehead atoms. The lowest BCUT2D eigenvalue weighted by Gasteiger charge is -2.30. The average Bonchev–Trinajstić information content (AvgIpc) is 2.22. The first kappa shape index (κ1) is 14.6. The van der Waals surface area contributed by atoms with E-state index in [4.69, 9.17) is 4.74 Å². The standard InChI is InChI=1S/C14H20O4/c1-8(15)5-12-6-13(10(3)16)7-14(9(12)2)18-11(4)17/h13-14H,5-7H2,1-4H3/t13-,14-/m0/s1. The van der Waals surface area contributed by atoms with Crippen molar-refractivity contribution in [1.82, 2.24) is 0 Å². The summed E-state index contributed by atoms with van der Waals surface area (Å²) in [5.74, 6) is -0.353. The molecule has 0 amide bonds. The summed E-state index contributed by atoms with van der Waals surface area (Å²) in [6, 6.07) is 0. The van der Waals surface area contributed by atoms with Crippen LogP contribution in [-0.4, -0.2) is 23.6 Å². The Balaban J connectivity index is 2.97. The van der Waals surface area contributed by atoms with Gasteiger partial charge in [0.1, 0.15) is 17.7 Å². The van der Waals surface area contributed by atoms with Crippen LogP contribution in [0, 0.1) is 5.92 Å². The van der Waals surface area contributed by atoms with Gasteiger partial charge < -0.3 is 4.74 Å². The second-order valence-electron chi connectivity index (χ2n) is 5.01. The normalized spacial score (nSPS) is 23.8. The Bertz CT molecular complexity index is 406. The molecule has 0 aromatic rings. The predicted octanol–water partition coefficient (Wildman–Crippen LogP) is 2.21. The fourth-order valence-electron chi connectivity index (χ4n) is 2.36. The first-order valence-electron chi connectivity index (χ1n) is 6.16. The molecule has 0 radical (unpaired) electrons. The molecular formula is C14H20O4. The van der Waals surface area contributed by atoms with Crippen molar-refractivity contribution in [2.45, 2.75) is 53.1 Å². The van der Waals surface area contributed by atoms with Gasteiger partial charge in [-0.2, -0.15) is 0 Å². The molecule has 2 atom stereocenters. The molecule has 0 unspecified atom stereocenters. The molecule has 0 N–H and O–H groups in total. The Morgan fingerprint density at radius 1 is 1.22 bits per heavy atom. The van der Waals surface area contributed by atoms with Crippen molar-refractivity contribution in [2.75, 3.05) is 0 Å². The van der Waals surface area contributed by atoms with E-state index in [0.29, 0.717) is 19.3 Å². The molecule has 0 saturated heterocycles. The van der Waals surface area contributed by atoms with Crippen molar-refractivity contribution in [3.8, 4) is 0 Å². The summed E-state index contributed by atoms with van der Waals surface area (Å²) in [7, 11) is 0. The molecule has 1 aliphatic carbocycles. The molecule has 0 heterocycles. The molecule has 100 valence electrons.